The van der Waals surface area contributed by atoms with Crippen molar-refractivity contribution in [1.82, 2.24) is 10.6 Å². The van der Waals surface area contributed by atoms with Crippen LogP contribution >= 0.6 is 0 Å². The highest BCUT2D eigenvalue weighted by Gasteiger charge is 2.13. The van der Waals surface area contributed by atoms with E-state index in [0.717, 1.165) is 26.1 Å². The Kier molecular flexibility index (Phi) is 3.72. The van der Waals surface area contributed by atoms with Gasteiger partial charge in [-0.25, -0.2) is 0 Å². The molecule has 3 nitrogen and oxygen atoms in total. The third-order valence-electron chi connectivity index (χ3n) is 1.50. The van der Waals surface area contributed by atoms with E-state index in [2.05, 4.69) is 17.6 Å². The second-order valence-corrected chi connectivity index (χ2v) is 2.44. The van der Waals surface area contributed by atoms with E-state index in [1.807, 2.05) is 0 Å². The van der Waals surface area contributed by atoms with Gasteiger partial charge in [-0.05, 0) is 6.42 Å². The fourth-order valence-electron chi connectivity index (χ4n) is 0.885. The van der Waals surface area contributed by atoms with Crippen LogP contribution < -0.4 is 10.6 Å². The fourth-order valence-corrected chi connectivity index (χ4v) is 0.885. The molecule has 0 aliphatic carbocycles. The summed E-state index contributed by atoms with van der Waals surface area (Å²) in [5, 5.41) is 7.30. The summed E-state index contributed by atoms with van der Waals surface area (Å²) in [7, 11) is 0. The molecule has 1 N–H and O–H groups in total. The lowest BCUT2D eigenvalue weighted by atomic mass is 10.4. The maximum atomic E-state index is 5.37. The summed E-state index contributed by atoms with van der Waals surface area (Å²) in [6.07, 6.45) is 2.31. The molecule has 0 aromatic heterocycles. The summed E-state index contributed by atoms with van der Waals surface area (Å²) in [4.78, 5) is 0. The fraction of sp³-hybridized carbons (Fsp3) is 1.00. The average molecular weight is 143 g/mol. The summed E-state index contributed by atoms with van der Waals surface area (Å²) in [5.74, 6) is 0. The number of hydrogen-bond acceptors (Lipinski definition) is 2. The zero-order chi connectivity index (χ0) is 7.23. The van der Waals surface area contributed by atoms with Gasteiger partial charge < -0.3 is 4.74 Å². The molecule has 0 aromatic carbocycles. The van der Waals surface area contributed by atoms with Crippen LogP contribution in [0.2, 0.25) is 0 Å². The molecule has 1 heterocycles. The van der Waals surface area contributed by atoms with Crippen molar-refractivity contribution >= 4 is 0 Å². The molecule has 0 saturated carbocycles. The molecule has 59 valence electrons. The summed E-state index contributed by atoms with van der Waals surface area (Å²) in [5.41, 5.74) is 0. The lowest BCUT2D eigenvalue weighted by Gasteiger charge is -2.09. The van der Waals surface area contributed by atoms with Crippen LogP contribution in [0.15, 0.2) is 0 Å². The molecule has 0 amide bonds. The minimum absolute atomic E-state index is 0.00782. The first kappa shape index (κ1) is 7.98. The Labute approximate surface area is 62.1 Å². The topological polar surface area (TPSA) is 35.4 Å². The third-order valence-corrected chi connectivity index (χ3v) is 1.50. The van der Waals surface area contributed by atoms with Crippen molar-refractivity contribution in [2.75, 3.05) is 19.7 Å². The van der Waals surface area contributed by atoms with E-state index in [4.69, 9.17) is 4.74 Å². The third kappa shape index (κ3) is 2.64. The molecule has 0 aromatic rings. The Bertz CT molecular complexity index is 81.7. The minimum Gasteiger partial charge on any atom is -0.349 e. The summed E-state index contributed by atoms with van der Waals surface area (Å²) in [6, 6.07) is 0. The predicted molar refractivity (Wildman–Crippen MR) is 39.7 cm³/mol. The maximum absolute atomic E-state index is 5.37. The molecule has 0 bridgehead atoms. The van der Waals surface area contributed by atoms with Crippen molar-refractivity contribution in [1.29, 1.82) is 0 Å². The van der Waals surface area contributed by atoms with Gasteiger partial charge in [0.1, 0.15) is 0 Å². The molecular formula is C7H15N2O. The average Bonchev–Trinajstić information content (AvgIpc) is 2.41. The van der Waals surface area contributed by atoms with E-state index in [1.54, 1.807) is 0 Å². The number of nitrogens with zero attached hydrogens (tertiary/aromatic N) is 1. The lowest BCUT2D eigenvalue weighted by Crippen LogP contribution is -2.30. The van der Waals surface area contributed by atoms with Crippen molar-refractivity contribution in [3.8, 4) is 0 Å². The van der Waals surface area contributed by atoms with Crippen molar-refractivity contribution in [3.63, 3.8) is 0 Å². The molecule has 10 heavy (non-hydrogen) atoms. The standard InChI is InChI=1S/C7H15N2O/c1-2-3-6-10-7-8-4-5-9-7/h7-8H,2-6H2,1H3. The molecule has 1 aliphatic heterocycles. The number of rotatable bonds is 4. The van der Waals surface area contributed by atoms with Gasteiger partial charge in [-0.1, -0.05) is 13.3 Å². The Balaban J connectivity index is 1.91. The number of hydrogen-bond donors (Lipinski definition) is 1. The van der Waals surface area contributed by atoms with Gasteiger partial charge >= 0.3 is 0 Å². The zero-order valence-corrected chi connectivity index (χ0v) is 6.47. The molecule has 1 rings (SSSR count). The van der Waals surface area contributed by atoms with Crippen molar-refractivity contribution in [2.24, 2.45) is 0 Å². The number of ether oxygens (including phenoxy) is 1. The molecule has 0 spiro atoms. The Hall–Kier alpha value is -0.120. The van der Waals surface area contributed by atoms with Crippen LogP contribution in [0.25, 0.3) is 0 Å². The van der Waals surface area contributed by atoms with E-state index in [1.165, 1.54) is 6.42 Å². The first-order chi connectivity index (χ1) is 4.93. The van der Waals surface area contributed by atoms with Crippen LogP contribution in [-0.2, 0) is 4.74 Å². The van der Waals surface area contributed by atoms with Gasteiger partial charge in [-0.2, -0.15) is 5.32 Å². The Morgan fingerprint density at radius 2 is 2.60 bits per heavy atom. The Morgan fingerprint density at radius 3 is 3.20 bits per heavy atom. The first-order valence-corrected chi connectivity index (χ1v) is 3.95. The number of unbranched alkanes of at least 4 members (excludes halogenated alkanes) is 1. The van der Waals surface area contributed by atoms with Crippen LogP contribution in [0, 0.1) is 0 Å². The van der Waals surface area contributed by atoms with Gasteiger partial charge in [-0.3, -0.25) is 5.32 Å². The zero-order valence-electron chi connectivity index (χ0n) is 6.47. The van der Waals surface area contributed by atoms with Gasteiger partial charge in [0.2, 0.25) is 0 Å². The largest absolute Gasteiger partial charge is 0.349 e. The van der Waals surface area contributed by atoms with Crippen LogP contribution in [0.3, 0.4) is 0 Å². The van der Waals surface area contributed by atoms with E-state index in [0.29, 0.717) is 0 Å². The minimum atomic E-state index is -0.00782. The molecule has 1 saturated heterocycles. The van der Waals surface area contributed by atoms with Crippen molar-refractivity contribution < 1.29 is 4.74 Å². The molecule has 1 aliphatic rings. The van der Waals surface area contributed by atoms with Crippen molar-refractivity contribution in [3.05, 3.63) is 0 Å². The van der Waals surface area contributed by atoms with Gasteiger partial charge in [-0.15, -0.1) is 0 Å². The summed E-state index contributed by atoms with van der Waals surface area (Å²) in [6.45, 7) is 4.85. The lowest BCUT2D eigenvalue weighted by molar-refractivity contribution is 0.0247. The van der Waals surface area contributed by atoms with E-state index < -0.39 is 0 Å². The van der Waals surface area contributed by atoms with Gasteiger partial charge in [0.15, 0.2) is 6.35 Å². The summed E-state index contributed by atoms with van der Waals surface area (Å²) < 4.78 is 5.37. The highest BCUT2D eigenvalue weighted by molar-refractivity contribution is 4.63. The molecule has 1 radical (unpaired) electrons. The maximum Gasteiger partial charge on any atom is 0.178 e. The molecule has 1 fully saturated rings. The van der Waals surface area contributed by atoms with E-state index in [-0.39, 0.29) is 6.35 Å². The predicted octanol–water partition coefficient (Wildman–Crippen LogP) is 0.294. The van der Waals surface area contributed by atoms with Crippen LogP contribution in [0.4, 0.5) is 0 Å². The van der Waals surface area contributed by atoms with Crippen LogP contribution in [-0.4, -0.2) is 26.0 Å². The normalized spacial score (nSPS) is 20.1. The highest BCUT2D eigenvalue weighted by atomic mass is 16.5. The van der Waals surface area contributed by atoms with Crippen molar-refractivity contribution in [2.45, 2.75) is 26.1 Å². The second kappa shape index (κ2) is 4.66. The van der Waals surface area contributed by atoms with E-state index >= 15 is 0 Å². The van der Waals surface area contributed by atoms with Crippen LogP contribution in [0.1, 0.15) is 19.8 Å². The van der Waals surface area contributed by atoms with Gasteiger partial charge in [0.25, 0.3) is 0 Å². The smallest absolute Gasteiger partial charge is 0.178 e. The highest BCUT2D eigenvalue weighted by Crippen LogP contribution is 1.94. The second-order valence-electron chi connectivity index (χ2n) is 2.44. The molecule has 1 unspecified atom stereocenters. The van der Waals surface area contributed by atoms with Gasteiger partial charge in [0, 0.05) is 13.1 Å². The molecule has 3 heteroatoms. The monoisotopic (exact) mass is 143 g/mol. The van der Waals surface area contributed by atoms with Gasteiger partial charge in [0.05, 0.1) is 6.61 Å². The first-order valence-electron chi connectivity index (χ1n) is 3.95. The summed E-state index contributed by atoms with van der Waals surface area (Å²) >= 11 is 0. The SMILES string of the molecule is CCCCOC1[N]CCN1. The Morgan fingerprint density at radius 1 is 1.70 bits per heavy atom. The van der Waals surface area contributed by atoms with Crippen LogP contribution in [0.5, 0.6) is 0 Å². The quantitative estimate of drug-likeness (QED) is 0.574. The van der Waals surface area contributed by atoms with E-state index in [9.17, 15) is 0 Å². The number of nitrogens with one attached hydrogen (secondary N) is 1. The molecular weight excluding hydrogens is 128 g/mol. The molecule has 1 atom stereocenters.